The molecule has 120 valence electrons. The van der Waals surface area contributed by atoms with E-state index < -0.39 is 17.6 Å². The summed E-state index contributed by atoms with van der Waals surface area (Å²) in [7, 11) is 0. The van der Waals surface area contributed by atoms with Gasteiger partial charge in [0.05, 0.1) is 5.69 Å². The number of ether oxygens (including phenoxy) is 1. The van der Waals surface area contributed by atoms with Gasteiger partial charge in [-0.15, -0.1) is 0 Å². The first-order chi connectivity index (χ1) is 11.0. The highest BCUT2D eigenvalue weighted by molar-refractivity contribution is 6.32. The monoisotopic (exact) mass is 352 g/mol. The Morgan fingerprint density at radius 3 is 2.70 bits per heavy atom. The Hall–Kier alpha value is -1.85. The van der Waals surface area contributed by atoms with Gasteiger partial charge in [0.15, 0.2) is 10.3 Å². The van der Waals surface area contributed by atoms with Crippen molar-refractivity contribution in [2.24, 2.45) is 0 Å². The normalized spacial score (nSPS) is 19.4. The van der Waals surface area contributed by atoms with E-state index in [4.69, 9.17) is 27.9 Å². The molecule has 0 saturated carbocycles. The van der Waals surface area contributed by atoms with E-state index in [-0.39, 0.29) is 22.8 Å². The number of benzene rings is 1. The predicted octanol–water partition coefficient (Wildman–Crippen LogP) is 3.34. The lowest BCUT2D eigenvalue weighted by Crippen LogP contribution is -2.30. The third-order valence-corrected chi connectivity index (χ3v) is 4.44. The molecule has 0 radical (unpaired) electrons. The van der Waals surface area contributed by atoms with Gasteiger partial charge in [-0.3, -0.25) is 9.36 Å². The molecule has 0 bridgehead atoms. The number of carbonyl (C=O) groups is 1. The fraction of sp³-hybridized carbons (Fsp3) is 0.312. The van der Waals surface area contributed by atoms with Crippen LogP contribution in [0.3, 0.4) is 0 Å². The molecule has 1 aliphatic rings. The summed E-state index contributed by atoms with van der Waals surface area (Å²) in [5.41, 5.74) is 0.894. The summed E-state index contributed by atoms with van der Waals surface area (Å²) in [5, 5.41) is -0.0887. The zero-order valence-corrected chi connectivity index (χ0v) is 13.8. The Labute approximate surface area is 142 Å². The molecule has 0 amide bonds. The maximum atomic E-state index is 12.4. The third-order valence-electron chi connectivity index (χ3n) is 3.91. The fourth-order valence-corrected chi connectivity index (χ4v) is 3.41. The zero-order valence-electron chi connectivity index (χ0n) is 12.3. The van der Waals surface area contributed by atoms with E-state index in [9.17, 15) is 9.59 Å². The second-order valence-corrected chi connectivity index (χ2v) is 6.22. The third kappa shape index (κ3) is 2.99. The average Bonchev–Trinajstić information content (AvgIpc) is 2.89. The number of fused-ring (bicyclic) bond motifs is 1. The maximum Gasteiger partial charge on any atom is 0.329 e. The van der Waals surface area contributed by atoms with Crippen molar-refractivity contribution >= 4 is 29.2 Å². The van der Waals surface area contributed by atoms with E-state index in [0.29, 0.717) is 12.1 Å². The SMILES string of the molecule is C[C@@H]1C[C@@H](C(=O)OCc2ccccc2)n2c1c(Cl)nc(Cl)c2=O. The first-order valence-corrected chi connectivity index (χ1v) is 7.92. The molecular weight excluding hydrogens is 339 g/mol. The largest absolute Gasteiger partial charge is 0.459 e. The van der Waals surface area contributed by atoms with Crippen molar-refractivity contribution in [1.82, 2.24) is 9.55 Å². The Balaban J connectivity index is 1.86. The van der Waals surface area contributed by atoms with Crippen molar-refractivity contribution < 1.29 is 9.53 Å². The van der Waals surface area contributed by atoms with Gasteiger partial charge in [0, 0.05) is 5.92 Å². The number of nitrogens with zero attached hydrogens (tertiary/aromatic N) is 2. The van der Waals surface area contributed by atoms with E-state index in [1.165, 1.54) is 4.57 Å². The Morgan fingerprint density at radius 1 is 1.30 bits per heavy atom. The van der Waals surface area contributed by atoms with Gasteiger partial charge in [-0.1, -0.05) is 60.5 Å². The number of hydrogen-bond acceptors (Lipinski definition) is 4. The number of rotatable bonds is 3. The second kappa shape index (κ2) is 6.34. The topological polar surface area (TPSA) is 61.2 Å². The van der Waals surface area contributed by atoms with Crippen LogP contribution in [0.15, 0.2) is 35.1 Å². The lowest BCUT2D eigenvalue weighted by molar-refractivity contribution is -0.149. The Kier molecular flexibility index (Phi) is 4.41. The van der Waals surface area contributed by atoms with Gasteiger partial charge >= 0.3 is 5.97 Å². The number of aromatic nitrogens is 2. The van der Waals surface area contributed by atoms with Crippen LogP contribution < -0.4 is 5.56 Å². The Bertz CT molecular complexity index is 805. The molecule has 7 heteroatoms. The second-order valence-electron chi connectivity index (χ2n) is 5.50. The summed E-state index contributed by atoms with van der Waals surface area (Å²) >= 11 is 11.9. The molecule has 0 fully saturated rings. The van der Waals surface area contributed by atoms with Gasteiger partial charge in [-0.25, -0.2) is 9.78 Å². The van der Waals surface area contributed by atoms with Crippen molar-refractivity contribution in [3.8, 4) is 0 Å². The van der Waals surface area contributed by atoms with E-state index in [1.54, 1.807) is 0 Å². The van der Waals surface area contributed by atoms with Crippen LogP contribution in [0.1, 0.15) is 36.6 Å². The number of esters is 1. The molecular formula is C16H14Cl2N2O3. The zero-order chi connectivity index (χ0) is 16.6. The standard InChI is InChI=1S/C16H14Cl2N2O3/c1-9-7-11(16(22)23-8-10-5-3-2-4-6-10)20-12(9)13(17)19-14(18)15(20)21/h2-6,9,11H,7-8H2,1H3/t9-,11+/m1/s1. The van der Waals surface area contributed by atoms with Crippen LogP contribution in [0.25, 0.3) is 0 Å². The van der Waals surface area contributed by atoms with Crippen molar-refractivity contribution in [3.63, 3.8) is 0 Å². The highest BCUT2D eigenvalue weighted by Gasteiger charge is 2.37. The first kappa shape index (κ1) is 16.0. The van der Waals surface area contributed by atoms with Crippen LogP contribution in [-0.2, 0) is 16.1 Å². The van der Waals surface area contributed by atoms with E-state index in [1.807, 2.05) is 37.3 Å². The lowest BCUT2D eigenvalue weighted by Gasteiger charge is -2.14. The summed E-state index contributed by atoms with van der Waals surface area (Å²) in [4.78, 5) is 28.5. The quantitative estimate of drug-likeness (QED) is 0.794. The highest BCUT2D eigenvalue weighted by Crippen LogP contribution is 2.38. The van der Waals surface area contributed by atoms with E-state index >= 15 is 0 Å². The molecule has 2 aromatic rings. The predicted molar refractivity (Wildman–Crippen MR) is 86.8 cm³/mol. The van der Waals surface area contributed by atoms with Crippen molar-refractivity contribution in [2.45, 2.75) is 31.9 Å². The molecule has 23 heavy (non-hydrogen) atoms. The molecule has 5 nitrogen and oxygen atoms in total. The average molecular weight is 353 g/mol. The molecule has 1 aliphatic heterocycles. The van der Waals surface area contributed by atoms with Gasteiger partial charge in [0.25, 0.3) is 5.56 Å². The smallest absolute Gasteiger partial charge is 0.329 e. The summed E-state index contributed by atoms with van der Waals surface area (Å²) in [6, 6.07) is 8.62. The molecule has 1 aromatic carbocycles. The fourth-order valence-electron chi connectivity index (χ4n) is 2.83. The number of halogens is 2. The van der Waals surface area contributed by atoms with Gasteiger partial charge in [-0.05, 0) is 12.0 Å². The number of carbonyl (C=O) groups excluding carboxylic acids is 1. The number of hydrogen-bond donors (Lipinski definition) is 0. The van der Waals surface area contributed by atoms with Crippen LogP contribution in [0.4, 0.5) is 0 Å². The van der Waals surface area contributed by atoms with Gasteiger partial charge in [-0.2, -0.15) is 0 Å². The molecule has 1 aromatic heterocycles. The lowest BCUT2D eigenvalue weighted by atomic mass is 10.1. The van der Waals surface area contributed by atoms with Crippen molar-refractivity contribution in [2.75, 3.05) is 0 Å². The van der Waals surface area contributed by atoms with Gasteiger partial charge in [0.1, 0.15) is 12.6 Å². The summed E-state index contributed by atoms with van der Waals surface area (Å²) in [6.45, 7) is 2.04. The van der Waals surface area contributed by atoms with Crippen molar-refractivity contribution in [1.29, 1.82) is 0 Å². The van der Waals surface area contributed by atoms with Crippen LogP contribution >= 0.6 is 23.2 Å². The van der Waals surface area contributed by atoms with Crippen molar-refractivity contribution in [3.05, 3.63) is 62.2 Å². The molecule has 3 rings (SSSR count). The maximum absolute atomic E-state index is 12.4. The summed E-state index contributed by atoms with van der Waals surface area (Å²) in [5.74, 6) is -0.547. The van der Waals surface area contributed by atoms with Crippen LogP contribution in [0.2, 0.25) is 10.3 Å². The molecule has 2 atom stereocenters. The van der Waals surface area contributed by atoms with E-state index in [2.05, 4.69) is 4.98 Å². The summed E-state index contributed by atoms with van der Waals surface area (Å²) < 4.78 is 6.66. The Morgan fingerprint density at radius 2 is 2.00 bits per heavy atom. The molecule has 0 spiro atoms. The first-order valence-electron chi connectivity index (χ1n) is 7.17. The molecule has 2 heterocycles. The minimum Gasteiger partial charge on any atom is -0.459 e. The van der Waals surface area contributed by atoms with Gasteiger partial charge in [0.2, 0.25) is 0 Å². The minimum atomic E-state index is -0.728. The molecule has 0 saturated heterocycles. The molecule has 0 N–H and O–H groups in total. The minimum absolute atomic E-state index is 0.0748. The van der Waals surface area contributed by atoms with Crippen LogP contribution in [0.5, 0.6) is 0 Å². The van der Waals surface area contributed by atoms with Gasteiger partial charge < -0.3 is 4.74 Å². The highest BCUT2D eigenvalue weighted by atomic mass is 35.5. The van der Waals surface area contributed by atoms with E-state index in [0.717, 1.165) is 5.56 Å². The molecule has 0 unspecified atom stereocenters. The summed E-state index contributed by atoms with van der Waals surface area (Å²) in [6.07, 6.45) is 0.435. The van der Waals surface area contributed by atoms with Crippen LogP contribution in [0, 0.1) is 0 Å². The van der Waals surface area contributed by atoms with Crippen LogP contribution in [-0.4, -0.2) is 15.5 Å². The molecule has 0 aliphatic carbocycles.